The van der Waals surface area contributed by atoms with Gasteiger partial charge in [0.1, 0.15) is 55.3 Å². The van der Waals surface area contributed by atoms with E-state index in [1.54, 1.807) is 0 Å². The predicted molar refractivity (Wildman–Crippen MR) is 482 cm³/mol. The quantitative estimate of drug-likeness (QED) is 0.00675. The first-order valence-electron chi connectivity index (χ1n) is 49.9. The van der Waals surface area contributed by atoms with Crippen LogP contribution in [0.5, 0.6) is 0 Å². The summed E-state index contributed by atoms with van der Waals surface area (Å²) in [6.07, 6.45) is 34.1. The predicted octanol–water partition coefficient (Wildman–Crippen LogP) is 20.5. The number of rotatable bonds is 85. The summed E-state index contributed by atoms with van der Waals surface area (Å²) in [6.45, 7) is 10.8. The minimum atomic E-state index is -5.67. The Morgan fingerprint density at radius 2 is 0.637 bits per heavy atom. The first-order chi connectivity index (χ1) is 59.8. The van der Waals surface area contributed by atoms with Crippen LogP contribution >= 0.6 is 15.6 Å². The standard InChI is InChI=1S/C94H178N2O26P2/c1-7-13-19-25-31-37-38-44-50-56-62-68-84(103)115-78(66-60-54-48-42-35-29-23-17-11-5)72-86(105)119-92-88(96-82(101)71-77(65-59-53-47-41-34-28-22-16-10-4)114-83(102)67-61-55-49-43-36-30-24-18-12-6)93(116-79(73-97)90(92)121-123(107,108)109)120-113-74-80-89(106)91(118-85(104)70-76(99)64-58-52-46-40-33-27-21-15-9-3)87(94(117-80)122-124(110,111)112)95-81(100)69-75(98)63-57-51-45-39-32-26-20-14-8-2/h75-80,87-94,97-99,106H,7-74H2,1-6H3,(H,95,100)(H,96,101)(H2,107,108,109)(H2,110,111,112)/t75?,76?,77?,78?,79-,80-,87-,88-,89-,90-,91-,92-,93+,94-/m1/s1. The number of unbranched alkanes of at least 4 members (excludes halogenated alkanes) is 50. The molecule has 2 aliphatic rings. The van der Waals surface area contributed by atoms with Crippen molar-refractivity contribution in [2.75, 3.05) is 13.2 Å². The fraction of sp³-hybridized carbons (Fsp3) is 0.936. The third kappa shape index (κ3) is 62.1. The summed E-state index contributed by atoms with van der Waals surface area (Å²) >= 11 is 0. The number of hydrogen-bond acceptors (Lipinski definition) is 22. The van der Waals surface area contributed by atoms with Crippen LogP contribution in [0.3, 0.4) is 0 Å². The van der Waals surface area contributed by atoms with E-state index >= 15 is 4.79 Å². The second-order valence-electron chi connectivity index (χ2n) is 35.6. The van der Waals surface area contributed by atoms with Crippen molar-refractivity contribution < 1.29 is 125 Å². The minimum Gasteiger partial charge on any atom is -0.462 e. The molecule has 2 amide bonds. The Balaban J connectivity index is 2.79. The number of hydrogen-bond donors (Lipinski definition) is 10. The van der Waals surface area contributed by atoms with E-state index in [4.69, 9.17) is 47.2 Å². The Bertz CT molecular complexity index is 2730. The van der Waals surface area contributed by atoms with Crippen LogP contribution in [0, 0.1) is 0 Å². The van der Waals surface area contributed by atoms with Gasteiger partial charge in [-0.15, -0.1) is 0 Å². The lowest BCUT2D eigenvalue weighted by Crippen LogP contribution is -2.67. The average molecular weight is 1810 g/mol. The number of esters is 4. The van der Waals surface area contributed by atoms with Crippen molar-refractivity contribution in [1.29, 1.82) is 0 Å². The highest BCUT2D eigenvalue weighted by Gasteiger charge is 2.55. The zero-order valence-electron chi connectivity index (χ0n) is 78.0. The van der Waals surface area contributed by atoms with E-state index in [0.717, 1.165) is 257 Å². The number of carbonyl (C=O) groups excluding carboxylic acids is 6. The van der Waals surface area contributed by atoms with Crippen LogP contribution < -0.4 is 10.6 Å². The van der Waals surface area contributed by atoms with Gasteiger partial charge < -0.3 is 79.1 Å². The Hall–Kier alpha value is -3.28. The molecule has 14 atom stereocenters. The van der Waals surface area contributed by atoms with Gasteiger partial charge in [-0.05, 0) is 51.4 Å². The van der Waals surface area contributed by atoms with E-state index < -0.39 is 176 Å². The van der Waals surface area contributed by atoms with Gasteiger partial charge in [0, 0.05) is 12.8 Å². The van der Waals surface area contributed by atoms with Crippen molar-refractivity contribution >= 4 is 51.3 Å². The number of phosphoric ester groups is 2. The van der Waals surface area contributed by atoms with E-state index in [2.05, 4.69) is 52.2 Å². The van der Waals surface area contributed by atoms with E-state index in [1.807, 2.05) is 0 Å². The largest absolute Gasteiger partial charge is 0.472 e. The highest BCUT2D eigenvalue weighted by atomic mass is 31.2. The van der Waals surface area contributed by atoms with Gasteiger partial charge in [0.25, 0.3) is 0 Å². The summed E-state index contributed by atoms with van der Waals surface area (Å²) in [7, 11) is -11.3. The average Bonchev–Trinajstić information content (AvgIpc) is 0.785. The molecule has 0 aromatic carbocycles. The fourth-order valence-electron chi connectivity index (χ4n) is 16.5. The molecule has 124 heavy (non-hydrogen) atoms. The number of aliphatic hydroxyl groups is 4. The molecule has 0 aromatic heterocycles. The zero-order valence-corrected chi connectivity index (χ0v) is 79.8. The second kappa shape index (κ2) is 76.3. The van der Waals surface area contributed by atoms with Crippen LogP contribution in [0.2, 0.25) is 0 Å². The maximum Gasteiger partial charge on any atom is 0.472 e. The van der Waals surface area contributed by atoms with Gasteiger partial charge in [0.05, 0.1) is 44.5 Å². The summed E-state index contributed by atoms with van der Waals surface area (Å²) < 4.78 is 73.0. The Labute approximate surface area is 747 Å². The van der Waals surface area contributed by atoms with E-state index in [1.165, 1.54) is 64.2 Å². The number of nitrogens with one attached hydrogen (secondary N) is 2. The van der Waals surface area contributed by atoms with E-state index in [-0.39, 0.29) is 38.5 Å². The SMILES string of the molecule is CCCCCCCCCCCCCC(=O)OC(CCCCCCCCCCC)CC(=O)O[C@@H]1[C@@H](NC(=O)CC(CCCCCCCCCCC)OC(=O)CCCCCCCCCCC)[C@H](OOC[C@H]2O[C@H](OP(=O)(O)O)[C@H](NC(=O)CC(O)CCCCCCCCCCC)[C@@H](OC(=O)CC(O)CCCCCCCCCCC)[C@@H]2O)O[C@H](CO)[C@H]1OP(=O)(O)O. The van der Waals surface area contributed by atoms with Crippen LogP contribution in [0.25, 0.3) is 0 Å². The number of aliphatic hydroxyl groups excluding tert-OH is 4. The highest BCUT2D eigenvalue weighted by molar-refractivity contribution is 7.46. The maximum atomic E-state index is 15.1. The van der Waals surface area contributed by atoms with E-state index in [9.17, 15) is 73.1 Å². The molecule has 2 aliphatic heterocycles. The third-order valence-electron chi connectivity index (χ3n) is 23.8. The molecule has 4 unspecified atom stereocenters. The Morgan fingerprint density at radius 1 is 0.339 bits per heavy atom. The van der Waals surface area contributed by atoms with Gasteiger partial charge in [0.2, 0.25) is 18.1 Å². The van der Waals surface area contributed by atoms with Gasteiger partial charge >= 0.3 is 39.5 Å². The topological polar surface area (TPSA) is 415 Å². The summed E-state index contributed by atoms with van der Waals surface area (Å²) in [5.41, 5.74) is 0. The molecule has 10 N–H and O–H groups in total. The molecule has 0 aromatic rings. The van der Waals surface area contributed by atoms with Gasteiger partial charge in [-0.25, -0.2) is 18.9 Å². The van der Waals surface area contributed by atoms with Crippen LogP contribution in [-0.4, -0.2) is 175 Å². The molecule has 0 bridgehead atoms. The van der Waals surface area contributed by atoms with Crippen molar-refractivity contribution in [2.24, 2.45) is 0 Å². The normalized spacial score (nSPS) is 20.3. The molecular formula is C94H178N2O26P2. The molecule has 30 heteroatoms. The van der Waals surface area contributed by atoms with Crippen molar-refractivity contribution in [1.82, 2.24) is 10.6 Å². The lowest BCUT2D eigenvalue weighted by Gasteiger charge is -2.45. The molecule has 0 radical (unpaired) electrons. The zero-order chi connectivity index (χ0) is 91.1. The van der Waals surface area contributed by atoms with Gasteiger partial charge in [-0.1, -0.05) is 375 Å². The van der Waals surface area contributed by atoms with Gasteiger partial charge in [0.15, 0.2) is 18.5 Å². The lowest BCUT2D eigenvalue weighted by molar-refractivity contribution is -0.420. The van der Waals surface area contributed by atoms with Crippen molar-refractivity contribution in [3.63, 3.8) is 0 Å². The van der Waals surface area contributed by atoms with Crippen LogP contribution in [0.15, 0.2) is 0 Å². The first kappa shape index (κ1) is 117. The second-order valence-corrected chi connectivity index (χ2v) is 38.0. The Morgan fingerprint density at radius 3 is 1.00 bits per heavy atom. The molecule has 2 rings (SSSR count). The monoisotopic (exact) mass is 1810 g/mol. The van der Waals surface area contributed by atoms with Crippen LogP contribution in [-0.2, 0) is 85.1 Å². The molecule has 730 valence electrons. The molecule has 2 heterocycles. The number of phosphoric acid groups is 2. The summed E-state index contributed by atoms with van der Waals surface area (Å²) in [4.78, 5) is 139. The molecule has 0 saturated carbocycles. The fourth-order valence-corrected chi connectivity index (χ4v) is 17.5. The summed E-state index contributed by atoms with van der Waals surface area (Å²) in [6, 6.07) is -3.87. The van der Waals surface area contributed by atoms with Crippen molar-refractivity contribution in [2.45, 2.75) is 551 Å². The number of carbonyl (C=O) groups is 6. The van der Waals surface area contributed by atoms with Gasteiger partial charge in [-0.2, -0.15) is 0 Å². The Kier molecular flexibility index (Phi) is 71.9. The minimum absolute atomic E-state index is 0.0792. The number of amides is 2. The van der Waals surface area contributed by atoms with Gasteiger partial charge in [-0.3, -0.25) is 37.8 Å². The lowest BCUT2D eigenvalue weighted by atomic mass is 9.96. The third-order valence-corrected chi connectivity index (χ3v) is 24.8. The van der Waals surface area contributed by atoms with Crippen molar-refractivity contribution in [3.8, 4) is 0 Å². The van der Waals surface area contributed by atoms with Crippen LogP contribution in [0.1, 0.15) is 465 Å². The van der Waals surface area contributed by atoms with Crippen molar-refractivity contribution in [3.05, 3.63) is 0 Å². The molecular weight excluding hydrogens is 1630 g/mol. The van der Waals surface area contributed by atoms with E-state index in [0.29, 0.717) is 38.5 Å². The molecule has 2 saturated heterocycles. The maximum absolute atomic E-state index is 15.1. The first-order valence-corrected chi connectivity index (χ1v) is 53.0. The molecule has 28 nitrogen and oxygen atoms in total. The summed E-state index contributed by atoms with van der Waals surface area (Å²) in [5, 5.41) is 51.0. The molecule has 0 aliphatic carbocycles. The molecule has 0 spiro atoms. The molecule has 2 fully saturated rings. The summed E-state index contributed by atoms with van der Waals surface area (Å²) in [5.74, 6) is -5.04. The number of ether oxygens (including phenoxy) is 6. The van der Waals surface area contributed by atoms with Crippen LogP contribution in [0.4, 0.5) is 0 Å². The highest BCUT2D eigenvalue weighted by Crippen LogP contribution is 2.44. The smallest absolute Gasteiger partial charge is 0.462 e.